The monoisotopic (exact) mass is 389 g/mol. The number of benzene rings is 2. The number of nitrogens with one attached hydrogen (secondary N) is 2. The molecular weight excluding hydrogens is 366 g/mol. The first kappa shape index (κ1) is 20.1. The average molecular weight is 389 g/mol. The van der Waals surface area contributed by atoms with Gasteiger partial charge in [0.15, 0.2) is 0 Å². The lowest BCUT2D eigenvalue weighted by atomic mass is 10.0. The number of aromatic hydroxyl groups is 1. The number of hydrogen-bond acceptors (Lipinski definition) is 4. The van der Waals surface area contributed by atoms with E-state index >= 15 is 0 Å². The van der Waals surface area contributed by atoms with Crippen molar-refractivity contribution in [2.24, 2.45) is 0 Å². The Bertz CT molecular complexity index is 1020. The van der Waals surface area contributed by atoms with Gasteiger partial charge in [0.2, 0.25) is 0 Å². The van der Waals surface area contributed by atoms with Crippen LogP contribution in [0.2, 0.25) is 0 Å². The van der Waals surface area contributed by atoms with Crippen molar-refractivity contribution in [3.8, 4) is 5.75 Å². The van der Waals surface area contributed by atoms with Crippen LogP contribution in [0.3, 0.4) is 0 Å². The van der Waals surface area contributed by atoms with Crippen molar-refractivity contribution in [1.82, 2.24) is 10.3 Å². The van der Waals surface area contributed by atoms with E-state index in [2.05, 4.69) is 15.6 Å². The fraction of sp³-hybridized carbons (Fsp3) is 0.174. The molecule has 0 fully saturated rings. The molecule has 0 aliphatic heterocycles. The summed E-state index contributed by atoms with van der Waals surface area (Å²) in [5.74, 6) is -0.358. The molecular formula is C23H23N3O3. The van der Waals surface area contributed by atoms with E-state index in [4.69, 9.17) is 0 Å². The summed E-state index contributed by atoms with van der Waals surface area (Å²) in [7, 11) is 0. The third-order valence-corrected chi connectivity index (χ3v) is 4.51. The molecule has 3 N–H and O–H groups in total. The largest absolute Gasteiger partial charge is 0.507 e. The van der Waals surface area contributed by atoms with Gasteiger partial charge in [-0.05, 0) is 53.4 Å². The van der Waals surface area contributed by atoms with E-state index in [1.165, 1.54) is 0 Å². The van der Waals surface area contributed by atoms with Gasteiger partial charge < -0.3 is 15.7 Å². The van der Waals surface area contributed by atoms with Gasteiger partial charge in [0.25, 0.3) is 11.8 Å². The standard InChI is InChI=1S/C23H23N3O3/c1-15(2)18-6-7-20(21(27)13-18)23(29)25-14-16-4-3-5-19(12-16)26-22(28)17-8-10-24-11-9-17/h3-13,15,27H,14H2,1-2H3,(H,25,29)(H,26,28). The maximum atomic E-state index is 12.4. The third kappa shape index (κ3) is 5.19. The molecule has 0 saturated heterocycles. The maximum absolute atomic E-state index is 12.4. The number of hydrogen-bond donors (Lipinski definition) is 3. The van der Waals surface area contributed by atoms with Crippen LogP contribution in [0.5, 0.6) is 5.75 Å². The lowest BCUT2D eigenvalue weighted by molar-refractivity contribution is 0.0947. The first-order valence-electron chi connectivity index (χ1n) is 9.35. The van der Waals surface area contributed by atoms with Crippen molar-refractivity contribution < 1.29 is 14.7 Å². The van der Waals surface area contributed by atoms with Gasteiger partial charge in [-0.1, -0.05) is 32.0 Å². The van der Waals surface area contributed by atoms with Gasteiger partial charge in [0.1, 0.15) is 5.75 Å². The summed E-state index contributed by atoms with van der Waals surface area (Å²) in [5, 5.41) is 15.8. The van der Waals surface area contributed by atoms with Gasteiger partial charge in [-0.2, -0.15) is 0 Å². The topological polar surface area (TPSA) is 91.3 Å². The van der Waals surface area contributed by atoms with E-state index in [1.807, 2.05) is 26.0 Å². The van der Waals surface area contributed by atoms with E-state index in [0.29, 0.717) is 11.3 Å². The predicted octanol–water partition coefficient (Wildman–Crippen LogP) is 4.09. The second kappa shape index (κ2) is 9.01. The minimum absolute atomic E-state index is 0.0351. The molecule has 0 unspecified atom stereocenters. The van der Waals surface area contributed by atoms with Gasteiger partial charge in [0, 0.05) is 30.2 Å². The highest BCUT2D eigenvalue weighted by molar-refractivity contribution is 6.04. The van der Waals surface area contributed by atoms with Crippen LogP contribution in [0.1, 0.15) is 51.6 Å². The van der Waals surface area contributed by atoms with E-state index in [9.17, 15) is 14.7 Å². The summed E-state index contributed by atoms with van der Waals surface area (Å²) in [6.45, 7) is 4.31. The van der Waals surface area contributed by atoms with E-state index < -0.39 is 0 Å². The molecule has 29 heavy (non-hydrogen) atoms. The smallest absolute Gasteiger partial charge is 0.255 e. The molecule has 148 valence electrons. The molecule has 0 spiro atoms. The van der Waals surface area contributed by atoms with E-state index in [0.717, 1.165) is 11.1 Å². The van der Waals surface area contributed by atoms with E-state index in [-0.39, 0.29) is 35.6 Å². The fourth-order valence-electron chi connectivity index (χ4n) is 2.84. The van der Waals surface area contributed by atoms with Crippen LogP contribution in [-0.4, -0.2) is 21.9 Å². The van der Waals surface area contributed by atoms with Crippen LogP contribution >= 0.6 is 0 Å². The highest BCUT2D eigenvalue weighted by atomic mass is 16.3. The number of pyridine rings is 1. The molecule has 2 amide bonds. The van der Waals surface area contributed by atoms with Gasteiger partial charge in [0.05, 0.1) is 5.56 Å². The number of amides is 2. The van der Waals surface area contributed by atoms with Crippen LogP contribution < -0.4 is 10.6 Å². The zero-order valence-electron chi connectivity index (χ0n) is 16.3. The van der Waals surface area contributed by atoms with Gasteiger partial charge in [-0.15, -0.1) is 0 Å². The average Bonchev–Trinajstić information content (AvgIpc) is 2.72. The number of phenols is 1. The Morgan fingerprint density at radius 3 is 2.45 bits per heavy atom. The van der Waals surface area contributed by atoms with Gasteiger partial charge >= 0.3 is 0 Å². The Morgan fingerprint density at radius 2 is 1.76 bits per heavy atom. The number of anilines is 1. The molecule has 2 aromatic carbocycles. The molecule has 0 saturated carbocycles. The van der Waals surface area contributed by atoms with Crippen LogP contribution in [0, 0.1) is 0 Å². The second-order valence-corrected chi connectivity index (χ2v) is 7.00. The van der Waals surface area contributed by atoms with Crippen molar-refractivity contribution in [2.75, 3.05) is 5.32 Å². The Hall–Kier alpha value is -3.67. The summed E-state index contributed by atoms with van der Waals surface area (Å²) in [6.07, 6.45) is 3.12. The molecule has 1 aromatic heterocycles. The second-order valence-electron chi connectivity index (χ2n) is 7.00. The third-order valence-electron chi connectivity index (χ3n) is 4.51. The quantitative estimate of drug-likeness (QED) is 0.592. The zero-order valence-corrected chi connectivity index (χ0v) is 16.3. The summed E-state index contributed by atoms with van der Waals surface area (Å²) in [4.78, 5) is 28.6. The first-order valence-corrected chi connectivity index (χ1v) is 9.35. The van der Waals surface area contributed by atoms with Crippen LogP contribution in [0.15, 0.2) is 67.0 Å². The van der Waals surface area contributed by atoms with Crippen molar-refractivity contribution in [3.05, 3.63) is 89.2 Å². The lowest BCUT2D eigenvalue weighted by Gasteiger charge is -2.11. The molecule has 0 radical (unpaired) electrons. The molecule has 0 bridgehead atoms. The fourth-order valence-corrected chi connectivity index (χ4v) is 2.84. The number of carbonyl (C=O) groups is 2. The molecule has 0 aliphatic carbocycles. The molecule has 3 rings (SSSR count). The summed E-state index contributed by atoms with van der Waals surface area (Å²) in [6, 6.07) is 15.6. The van der Waals surface area contributed by atoms with Crippen LogP contribution in [0.25, 0.3) is 0 Å². The van der Waals surface area contributed by atoms with Crippen LogP contribution in [-0.2, 0) is 6.54 Å². The SMILES string of the molecule is CC(C)c1ccc(C(=O)NCc2cccc(NC(=O)c3ccncc3)c2)c(O)c1. The lowest BCUT2D eigenvalue weighted by Crippen LogP contribution is -2.23. The van der Waals surface area contributed by atoms with E-state index in [1.54, 1.807) is 54.9 Å². The van der Waals surface area contributed by atoms with Gasteiger partial charge in [-0.3, -0.25) is 14.6 Å². The Labute approximate surface area is 169 Å². The Balaban J connectivity index is 1.63. The highest BCUT2D eigenvalue weighted by Gasteiger charge is 2.13. The first-order chi connectivity index (χ1) is 13.9. The number of nitrogens with zero attached hydrogens (tertiary/aromatic N) is 1. The summed E-state index contributed by atoms with van der Waals surface area (Å²) < 4.78 is 0. The normalized spacial score (nSPS) is 10.6. The van der Waals surface area contributed by atoms with Crippen molar-refractivity contribution >= 4 is 17.5 Å². The van der Waals surface area contributed by atoms with Crippen molar-refractivity contribution in [2.45, 2.75) is 26.3 Å². The number of phenolic OH excluding ortho intramolecular Hbond substituents is 1. The molecule has 0 atom stereocenters. The maximum Gasteiger partial charge on any atom is 0.255 e. The van der Waals surface area contributed by atoms with Crippen molar-refractivity contribution in [1.29, 1.82) is 0 Å². The number of aromatic nitrogens is 1. The minimum atomic E-state index is -0.357. The van der Waals surface area contributed by atoms with Crippen molar-refractivity contribution in [3.63, 3.8) is 0 Å². The predicted molar refractivity (Wildman–Crippen MR) is 112 cm³/mol. The minimum Gasteiger partial charge on any atom is -0.507 e. The molecule has 0 aliphatic rings. The Kier molecular flexibility index (Phi) is 6.24. The number of rotatable bonds is 6. The Morgan fingerprint density at radius 1 is 1.00 bits per heavy atom. The molecule has 6 nitrogen and oxygen atoms in total. The zero-order chi connectivity index (χ0) is 20.8. The summed E-state index contributed by atoms with van der Waals surface area (Å²) in [5.41, 5.74) is 3.17. The highest BCUT2D eigenvalue weighted by Crippen LogP contribution is 2.23. The number of carbonyl (C=O) groups excluding carboxylic acids is 2. The molecule has 3 aromatic rings. The molecule has 1 heterocycles. The summed E-state index contributed by atoms with van der Waals surface area (Å²) >= 11 is 0. The van der Waals surface area contributed by atoms with Gasteiger partial charge in [-0.25, -0.2) is 0 Å². The van der Waals surface area contributed by atoms with Crippen LogP contribution in [0.4, 0.5) is 5.69 Å². The molecule has 6 heteroatoms.